The van der Waals surface area contributed by atoms with Crippen LogP contribution in [0, 0.1) is 0 Å². The molecule has 7 heteroatoms. The smallest absolute Gasteiger partial charge is 2.00 e. The topological polar surface area (TPSA) is 75.5 Å². The molecule has 17 heavy (non-hydrogen) atoms. The van der Waals surface area contributed by atoms with Crippen molar-refractivity contribution in [2.45, 2.75) is 0 Å². The first-order valence-electron chi connectivity index (χ1n) is 4.27. The maximum absolute atomic E-state index is 5.26. The van der Waals surface area contributed by atoms with Crippen LogP contribution in [0.4, 0.5) is 0 Å². The van der Waals surface area contributed by atoms with Crippen LogP contribution in [-0.2, 0) is 32.7 Å². The van der Waals surface area contributed by atoms with Crippen LogP contribution in [0.2, 0.25) is 0 Å². The van der Waals surface area contributed by atoms with Gasteiger partial charge in [0.25, 0.3) is 0 Å². The zero-order valence-corrected chi connectivity index (χ0v) is 12.0. The molecule has 2 aromatic heterocycles. The van der Waals surface area contributed by atoms with Crippen molar-refractivity contribution in [2.75, 3.05) is 13.2 Å². The van der Waals surface area contributed by atoms with Crippen LogP contribution in [-0.4, -0.2) is 13.2 Å². The average Bonchev–Trinajstić information content (AvgIpc) is 2.92. The Balaban J connectivity index is 0. The van der Waals surface area contributed by atoms with Crippen LogP contribution in [0.5, 0.6) is 10.8 Å². The quantitative estimate of drug-likeness (QED) is 0.701. The summed E-state index contributed by atoms with van der Waals surface area (Å²) in [6.45, 7) is 1.37. The number of hydrogen-bond acceptors (Lipinski definition) is 4. The van der Waals surface area contributed by atoms with Crippen LogP contribution < -0.4 is 9.47 Å². The molecule has 90 valence electrons. The van der Waals surface area contributed by atoms with Crippen molar-refractivity contribution in [2.24, 2.45) is 0 Å². The second-order valence-corrected chi connectivity index (χ2v) is 4.26. The number of rotatable bonds is 0. The van der Waals surface area contributed by atoms with E-state index >= 15 is 0 Å². The largest absolute Gasteiger partial charge is 4.00 e. The molecule has 1 aliphatic rings. The second kappa shape index (κ2) is 10.8. The molecule has 0 spiro atoms. The van der Waals surface area contributed by atoms with Gasteiger partial charge in [0.2, 0.25) is 5.06 Å². The van der Waals surface area contributed by atoms with Crippen LogP contribution in [0.25, 0.3) is 0 Å². The summed E-state index contributed by atoms with van der Waals surface area (Å²) in [6.07, 6.45) is 0. The number of hydrogen-bond donors (Lipinski definition) is 0. The van der Waals surface area contributed by atoms with Crippen molar-refractivity contribution < 1.29 is 42.1 Å². The van der Waals surface area contributed by atoms with Gasteiger partial charge in [-0.2, -0.15) is 11.3 Å². The van der Waals surface area contributed by atoms with Gasteiger partial charge < -0.3 is 20.4 Å². The van der Waals surface area contributed by atoms with E-state index in [-0.39, 0.29) is 32.7 Å². The Labute approximate surface area is 123 Å². The van der Waals surface area contributed by atoms with Crippen LogP contribution in [0.1, 0.15) is 0 Å². The summed E-state index contributed by atoms with van der Waals surface area (Å²) in [7, 11) is 0. The first kappa shape index (κ1) is 19.0. The molecule has 2 aromatic rings. The van der Waals surface area contributed by atoms with Crippen molar-refractivity contribution in [1.82, 2.24) is 0 Å². The number of fused-ring (bicyclic) bond motifs is 1. The third kappa shape index (κ3) is 6.21. The van der Waals surface area contributed by atoms with Gasteiger partial charge in [-0.3, -0.25) is 0 Å². The molecule has 0 fully saturated rings. The first-order chi connectivity index (χ1) is 6.97. The second-order valence-electron chi connectivity index (χ2n) is 2.56. The SMILES string of the molecule is [O-2].[O-2].[Ti+4].c1cc2c(s1)OCCO2.c1ccsc1. The predicted octanol–water partition coefficient (Wildman–Crippen LogP) is 3.03. The molecule has 0 aliphatic carbocycles. The van der Waals surface area contributed by atoms with Gasteiger partial charge in [-0.1, -0.05) is 12.1 Å². The molecule has 0 saturated carbocycles. The van der Waals surface area contributed by atoms with Gasteiger partial charge in [0.15, 0.2) is 5.75 Å². The maximum Gasteiger partial charge on any atom is 4.00 e. The monoisotopic (exact) mass is 306 g/mol. The molecule has 1 aliphatic heterocycles. The minimum atomic E-state index is 0. The van der Waals surface area contributed by atoms with E-state index in [4.69, 9.17) is 9.47 Å². The van der Waals surface area contributed by atoms with Gasteiger partial charge >= 0.3 is 21.7 Å². The summed E-state index contributed by atoms with van der Waals surface area (Å²) < 4.78 is 10.5. The summed E-state index contributed by atoms with van der Waals surface area (Å²) in [5, 5.41) is 6.97. The number of ether oxygens (including phenoxy) is 2. The Morgan fingerprint density at radius 3 is 2.12 bits per heavy atom. The molecule has 0 saturated heterocycles. The van der Waals surface area contributed by atoms with E-state index in [2.05, 4.69) is 0 Å². The molecular weight excluding hydrogens is 296 g/mol. The van der Waals surface area contributed by atoms with E-state index in [1.165, 1.54) is 0 Å². The summed E-state index contributed by atoms with van der Waals surface area (Å²) in [6, 6.07) is 5.97. The molecule has 0 radical (unpaired) electrons. The average molecular weight is 306 g/mol. The Kier molecular flexibility index (Phi) is 12.0. The molecule has 0 unspecified atom stereocenters. The zero-order valence-electron chi connectivity index (χ0n) is 8.83. The van der Waals surface area contributed by atoms with E-state index in [1.54, 1.807) is 22.7 Å². The van der Waals surface area contributed by atoms with E-state index in [0.717, 1.165) is 10.8 Å². The van der Waals surface area contributed by atoms with E-state index < -0.39 is 0 Å². The molecular formula is C10H10O4S2Ti. The van der Waals surface area contributed by atoms with Gasteiger partial charge in [0.1, 0.15) is 13.2 Å². The maximum atomic E-state index is 5.26. The summed E-state index contributed by atoms with van der Waals surface area (Å²) >= 11 is 3.29. The molecule has 3 heterocycles. The predicted molar refractivity (Wildman–Crippen MR) is 61.0 cm³/mol. The van der Waals surface area contributed by atoms with Gasteiger partial charge in [0, 0.05) is 0 Å². The first-order valence-corrected chi connectivity index (χ1v) is 6.09. The van der Waals surface area contributed by atoms with E-state index in [9.17, 15) is 0 Å². The van der Waals surface area contributed by atoms with Gasteiger partial charge in [-0.05, 0) is 22.2 Å². The van der Waals surface area contributed by atoms with Crippen molar-refractivity contribution in [3.63, 3.8) is 0 Å². The van der Waals surface area contributed by atoms with Crippen LogP contribution in [0.15, 0.2) is 34.3 Å². The fraction of sp³-hybridized carbons (Fsp3) is 0.200. The third-order valence-corrected chi connectivity index (χ3v) is 3.03. The summed E-state index contributed by atoms with van der Waals surface area (Å²) in [5.74, 6) is 0.895. The van der Waals surface area contributed by atoms with Crippen molar-refractivity contribution in [3.8, 4) is 10.8 Å². The molecule has 0 atom stereocenters. The standard InChI is InChI=1S/C6H6O2S.C4H4S.2O.Ti/c1-4-9-6-5(1)7-2-3-8-6;1-2-4-5-3-1;;;/h1,4H,2-3H2;1-4H;;;/q;;2*-2;+4. The fourth-order valence-corrected chi connectivity index (χ4v) is 2.17. The van der Waals surface area contributed by atoms with Crippen molar-refractivity contribution in [3.05, 3.63) is 34.3 Å². The summed E-state index contributed by atoms with van der Waals surface area (Å²) in [5.41, 5.74) is 0. The van der Waals surface area contributed by atoms with Crippen molar-refractivity contribution in [1.29, 1.82) is 0 Å². The molecule has 0 bridgehead atoms. The molecule has 0 amide bonds. The normalized spacial score (nSPS) is 10.6. The molecule has 3 rings (SSSR count). The molecule has 0 N–H and O–H groups in total. The van der Waals surface area contributed by atoms with E-state index in [0.29, 0.717) is 13.2 Å². The van der Waals surface area contributed by atoms with Gasteiger partial charge in [0.05, 0.1) is 0 Å². The third-order valence-electron chi connectivity index (χ3n) is 1.60. The van der Waals surface area contributed by atoms with Gasteiger partial charge in [-0.15, -0.1) is 11.3 Å². The van der Waals surface area contributed by atoms with Gasteiger partial charge in [-0.25, -0.2) is 0 Å². The Hall–Kier alpha value is -0.366. The van der Waals surface area contributed by atoms with Crippen LogP contribution in [0.3, 0.4) is 0 Å². The van der Waals surface area contributed by atoms with E-state index in [1.807, 2.05) is 34.3 Å². The van der Waals surface area contributed by atoms with Crippen molar-refractivity contribution >= 4 is 22.7 Å². The summed E-state index contributed by atoms with van der Waals surface area (Å²) in [4.78, 5) is 0. The number of thiophene rings is 2. The molecule has 4 nitrogen and oxygen atoms in total. The Bertz CT molecular complexity index is 326. The Morgan fingerprint density at radius 1 is 0.941 bits per heavy atom. The molecule has 0 aromatic carbocycles. The minimum Gasteiger partial charge on any atom is -2.00 e. The Morgan fingerprint density at radius 2 is 1.59 bits per heavy atom. The van der Waals surface area contributed by atoms with Crippen LogP contribution >= 0.6 is 22.7 Å². The zero-order chi connectivity index (χ0) is 9.64. The fourth-order valence-electron chi connectivity index (χ4n) is 1.01. The minimum absolute atomic E-state index is 0.